The van der Waals surface area contributed by atoms with Gasteiger partial charge >= 0.3 is 8.60 Å². The molecule has 1 aromatic heterocycles. The third-order valence-electron chi connectivity index (χ3n) is 1.25. The maximum atomic E-state index is 5.21. The molecule has 0 aliphatic carbocycles. The Morgan fingerprint density at radius 1 is 1.50 bits per heavy atom. The van der Waals surface area contributed by atoms with Gasteiger partial charge in [-0.05, 0) is 12.1 Å². The number of aromatic nitrogens is 1. The molecule has 0 saturated carbocycles. The number of hydrogen-bond acceptors (Lipinski definition) is 5. The van der Waals surface area contributed by atoms with Crippen molar-refractivity contribution in [3.05, 3.63) is 11.8 Å². The Hall–Kier alpha value is -0.640. The Labute approximate surface area is 70.6 Å². The molecule has 6 heteroatoms. The van der Waals surface area contributed by atoms with Crippen molar-refractivity contribution in [1.29, 1.82) is 0 Å². The van der Waals surface area contributed by atoms with Crippen LogP contribution in [0.2, 0.25) is 0 Å². The van der Waals surface area contributed by atoms with Crippen molar-refractivity contribution < 1.29 is 18.1 Å². The summed E-state index contributed by atoms with van der Waals surface area (Å²) in [5.41, 5.74) is 0. The van der Waals surface area contributed by atoms with Crippen LogP contribution < -0.4 is 4.52 Å². The second-order valence-corrected chi connectivity index (χ2v) is 3.40. The van der Waals surface area contributed by atoms with Gasteiger partial charge in [0.15, 0.2) is 0 Å². The largest absolute Gasteiger partial charge is 0.405 e. The van der Waals surface area contributed by atoms with Crippen molar-refractivity contribution in [3.63, 3.8) is 0 Å². The van der Waals surface area contributed by atoms with Gasteiger partial charge in [-0.3, -0.25) is 9.05 Å². The zero-order chi connectivity index (χ0) is 8.39. The van der Waals surface area contributed by atoms with Gasteiger partial charge in [0.05, 0.1) is 13.2 Å². The van der Waals surface area contributed by atoms with Crippen LogP contribution in [0.25, 0.3) is 0 Å². The number of nitrogens with zero attached hydrogens (tertiary/aromatic N) is 1. The second kappa shape index (κ2) is 3.39. The van der Waals surface area contributed by atoms with Crippen LogP contribution in [0.5, 0.6) is 5.88 Å². The lowest BCUT2D eigenvalue weighted by atomic mass is 10.5. The molecule has 0 aromatic carbocycles. The molecule has 0 N–H and O–H groups in total. The van der Waals surface area contributed by atoms with Crippen molar-refractivity contribution in [2.75, 3.05) is 13.2 Å². The van der Waals surface area contributed by atoms with Crippen LogP contribution in [0.1, 0.15) is 5.76 Å². The zero-order valence-electron chi connectivity index (χ0n) is 6.52. The third-order valence-corrected chi connectivity index (χ3v) is 2.37. The molecule has 0 bridgehead atoms. The SMILES string of the molecule is Cc1cc(OP2OCCO2)no1. The molecule has 66 valence electrons. The molecule has 0 atom stereocenters. The number of rotatable bonds is 2. The molecular weight excluding hydrogens is 181 g/mol. The molecule has 1 aliphatic rings. The van der Waals surface area contributed by atoms with Gasteiger partial charge in [0.1, 0.15) is 5.76 Å². The molecule has 2 rings (SSSR count). The summed E-state index contributed by atoms with van der Waals surface area (Å²) in [6.07, 6.45) is 0. The average Bonchev–Trinajstić information content (AvgIpc) is 2.63. The third kappa shape index (κ3) is 1.75. The molecule has 1 aromatic rings. The lowest BCUT2D eigenvalue weighted by molar-refractivity contribution is 0.325. The van der Waals surface area contributed by atoms with Gasteiger partial charge in [-0.2, -0.15) is 0 Å². The molecule has 0 radical (unpaired) electrons. The van der Waals surface area contributed by atoms with Crippen molar-refractivity contribution in [3.8, 4) is 5.88 Å². The summed E-state index contributed by atoms with van der Waals surface area (Å²) in [6, 6.07) is 1.69. The van der Waals surface area contributed by atoms with E-state index < -0.39 is 8.60 Å². The lowest BCUT2D eigenvalue weighted by Gasteiger charge is -2.03. The van der Waals surface area contributed by atoms with E-state index in [1.807, 2.05) is 0 Å². The average molecular weight is 189 g/mol. The summed E-state index contributed by atoms with van der Waals surface area (Å²) < 4.78 is 20.2. The molecule has 0 unspecified atom stereocenters. The molecule has 2 heterocycles. The van der Waals surface area contributed by atoms with Crippen LogP contribution in [-0.2, 0) is 9.05 Å². The van der Waals surface area contributed by atoms with Crippen molar-refractivity contribution in [1.82, 2.24) is 5.16 Å². The monoisotopic (exact) mass is 189 g/mol. The van der Waals surface area contributed by atoms with Gasteiger partial charge in [-0.15, -0.1) is 0 Å². The molecule has 5 nitrogen and oxygen atoms in total. The highest BCUT2D eigenvalue weighted by atomic mass is 31.2. The van der Waals surface area contributed by atoms with Crippen LogP contribution in [0.4, 0.5) is 0 Å². The van der Waals surface area contributed by atoms with Gasteiger partial charge in [0, 0.05) is 6.07 Å². The summed E-state index contributed by atoms with van der Waals surface area (Å²) in [6.45, 7) is 2.97. The summed E-state index contributed by atoms with van der Waals surface area (Å²) >= 11 is 0. The van der Waals surface area contributed by atoms with Crippen LogP contribution in [0.3, 0.4) is 0 Å². The zero-order valence-corrected chi connectivity index (χ0v) is 7.41. The Bertz CT molecular complexity index is 258. The Morgan fingerprint density at radius 2 is 2.25 bits per heavy atom. The van der Waals surface area contributed by atoms with Crippen LogP contribution in [0, 0.1) is 6.92 Å². The molecule has 1 aliphatic heterocycles. The minimum absolute atomic E-state index is 0.417. The van der Waals surface area contributed by atoms with Gasteiger partial charge < -0.3 is 9.05 Å². The summed E-state index contributed by atoms with van der Waals surface area (Å²) in [4.78, 5) is 0. The predicted molar refractivity (Wildman–Crippen MR) is 40.7 cm³/mol. The van der Waals surface area contributed by atoms with E-state index >= 15 is 0 Å². The fourth-order valence-electron chi connectivity index (χ4n) is 0.777. The standard InChI is InChI=1S/C6H8NO4P/c1-5-4-6(7-10-5)11-12-8-2-3-9-12/h4H,2-3H2,1H3. The smallest absolute Gasteiger partial charge is 0.398 e. The number of aryl methyl sites for hydroxylation is 1. The highest BCUT2D eigenvalue weighted by Crippen LogP contribution is 2.43. The van der Waals surface area contributed by atoms with E-state index in [-0.39, 0.29) is 0 Å². The highest BCUT2D eigenvalue weighted by Gasteiger charge is 2.21. The van der Waals surface area contributed by atoms with Crippen molar-refractivity contribution >= 4 is 8.60 Å². The normalized spacial score (nSPS) is 18.4. The predicted octanol–water partition coefficient (Wildman–Crippen LogP) is 1.64. The van der Waals surface area contributed by atoms with Gasteiger partial charge in [0.25, 0.3) is 5.88 Å². The van der Waals surface area contributed by atoms with E-state index in [0.717, 1.165) is 0 Å². The summed E-state index contributed by atoms with van der Waals surface area (Å²) in [5, 5.41) is 3.64. The fraction of sp³-hybridized carbons (Fsp3) is 0.500. The quantitative estimate of drug-likeness (QED) is 0.662. The van der Waals surface area contributed by atoms with E-state index in [2.05, 4.69) is 5.16 Å². The van der Waals surface area contributed by atoms with Gasteiger partial charge in [-0.25, -0.2) is 0 Å². The first-order valence-corrected chi connectivity index (χ1v) is 4.61. The van der Waals surface area contributed by atoms with Crippen molar-refractivity contribution in [2.45, 2.75) is 6.92 Å². The van der Waals surface area contributed by atoms with E-state index in [1.165, 1.54) is 0 Å². The van der Waals surface area contributed by atoms with E-state index in [1.54, 1.807) is 13.0 Å². The summed E-state index contributed by atoms with van der Waals surface area (Å²) in [7, 11) is -1.23. The maximum absolute atomic E-state index is 5.21. The van der Waals surface area contributed by atoms with Crippen LogP contribution in [-0.4, -0.2) is 18.4 Å². The van der Waals surface area contributed by atoms with Crippen molar-refractivity contribution in [2.24, 2.45) is 0 Å². The molecule has 0 spiro atoms. The van der Waals surface area contributed by atoms with Gasteiger partial charge in [0.2, 0.25) is 0 Å². The first-order valence-electron chi connectivity index (χ1n) is 3.52. The first kappa shape index (κ1) is 7.98. The molecule has 0 amide bonds. The van der Waals surface area contributed by atoms with Gasteiger partial charge in [-0.1, -0.05) is 0 Å². The molecule has 1 saturated heterocycles. The lowest BCUT2D eigenvalue weighted by Crippen LogP contribution is -1.86. The molecule has 12 heavy (non-hydrogen) atoms. The minimum atomic E-state index is -1.23. The maximum Gasteiger partial charge on any atom is 0.398 e. The van der Waals surface area contributed by atoms with E-state index in [9.17, 15) is 0 Å². The fourth-order valence-corrected chi connectivity index (χ4v) is 1.64. The topological polar surface area (TPSA) is 53.7 Å². The second-order valence-electron chi connectivity index (χ2n) is 2.26. The van der Waals surface area contributed by atoms with E-state index in [0.29, 0.717) is 24.9 Å². The highest BCUT2D eigenvalue weighted by molar-refractivity contribution is 7.42. The molecular formula is C6H8NO4P. The first-order chi connectivity index (χ1) is 5.84. The van der Waals surface area contributed by atoms with Crippen LogP contribution in [0.15, 0.2) is 10.6 Å². The Morgan fingerprint density at radius 3 is 2.83 bits per heavy atom. The molecule has 1 fully saturated rings. The Balaban J connectivity index is 1.94. The minimum Gasteiger partial charge on any atom is -0.405 e. The Kier molecular flexibility index (Phi) is 2.26. The van der Waals surface area contributed by atoms with Crippen LogP contribution >= 0.6 is 8.60 Å². The number of hydrogen-bond donors (Lipinski definition) is 0. The van der Waals surface area contributed by atoms with E-state index in [4.69, 9.17) is 18.1 Å². The summed E-state index contributed by atoms with van der Waals surface area (Å²) in [5.74, 6) is 1.12.